The molecule has 88 valence electrons. The molecule has 3 nitrogen and oxygen atoms in total. The highest BCUT2D eigenvalue weighted by atomic mass is 32.2. The van der Waals surface area contributed by atoms with Gasteiger partial charge in [0.15, 0.2) is 6.10 Å². The molecule has 0 amide bonds. The van der Waals surface area contributed by atoms with Gasteiger partial charge < -0.3 is 9.47 Å². The van der Waals surface area contributed by atoms with Crippen LogP contribution >= 0.6 is 11.8 Å². The Morgan fingerprint density at radius 2 is 2.00 bits per heavy atom. The Kier molecular flexibility index (Phi) is 5.19. The second kappa shape index (κ2) is 6.43. The normalized spacial score (nSPS) is 11.9. The monoisotopic (exact) mass is 240 g/mol. The lowest BCUT2D eigenvalue weighted by Crippen LogP contribution is -2.25. The van der Waals surface area contributed by atoms with Gasteiger partial charge in [-0.25, -0.2) is 4.79 Å². The Bertz CT molecular complexity index is 335. The topological polar surface area (TPSA) is 35.5 Å². The minimum atomic E-state index is -0.569. The molecule has 0 aliphatic heterocycles. The molecular formula is C12H16O3S. The smallest absolute Gasteiger partial charge is 0.347 e. The number of thioether (sulfide) groups is 1. The standard InChI is InChI=1S/C12H16O3S/c1-4-14-12(13)9(2)15-10-5-7-11(16-3)8-6-10/h5-9H,4H2,1-3H3. The molecule has 1 aromatic rings. The van der Waals surface area contributed by atoms with E-state index >= 15 is 0 Å². The summed E-state index contributed by atoms with van der Waals surface area (Å²) in [6, 6.07) is 7.61. The van der Waals surface area contributed by atoms with Crippen molar-refractivity contribution in [2.75, 3.05) is 12.9 Å². The Labute approximate surface area is 100 Å². The van der Waals surface area contributed by atoms with Crippen molar-refractivity contribution in [3.63, 3.8) is 0 Å². The van der Waals surface area contributed by atoms with Crippen molar-refractivity contribution in [2.45, 2.75) is 24.8 Å². The zero-order valence-electron chi connectivity index (χ0n) is 9.73. The molecule has 1 rings (SSSR count). The molecule has 0 aromatic heterocycles. The van der Waals surface area contributed by atoms with Crippen LogP contribution in [0.2, 0.25) is 0 Å². The van der Waals surface area contributed by atoms with Crippen molar-refractivity contribution in [1.82, 2.24) is 0 Å². The average molecular weight is 240 g/mol. The molecule has 0 fully saturated rings. The first-order chi connectivity index (χ1) is 7.67. The van der Waals surface area contributed by atoms with E-state index in [-0.39, 0.29) is 5.97 Å². The highest BCUT2D eigenvalue weighted by Gasteiger charge is 2.15. The van der Waals surface area contributed by atoms with Crippen molar-refractivity contribution in [2.24, 2.45) is 0 Å². The predicted molar refractivity (Wildman–Crippen MR) is 64.9 cm³/mol. The van der Waals surface area contributed by atoms with Gasteiger partial charge in [0.05, 0.1) is 6.61 Å². The number of hydrogen-bond donors (Lipinski definition) is 0. The van der Waals surface area contributed by atoms with Crippen LogP contribution in [0.25, 0.3) is 0 Å². The molecule has 0 bridgehead atoms. The fourth-order valence-electron chi connectivity index (χ4n) is 1.17. The molecule has 0 saturated heterocycles. The van der Waals surface area contributed by atoms with Crippen LogP contribution in [0.3, 0.4) is 0 Å². The van der Waals surface area contributed by atoms with Gasteiger partial charge in [-0.2, -0.15) is 0 Å². The minimum absolute atomic E-state index is 0.337. The lowest BCUT2D eigenvalue weighted by Gasteiger charge is -2.13. The Morgan fingerprint density at radius 1 is 1.38 bits per heavy atom. The van der Waals surface area contributed by atoms with Gasteiger partial charge in [0, 0.05) is 4.90 Å². The van der Waals surface area contributed by atoms with Crippen molar-refractivity contribution < 1.29 is 14.3 Å². The first-order valence-corrected chi connectivity index (χ1v) is 6.37. The average Bonchev–Trinajstić information content (AvgIpc) is 2.30. The first-order valence-electron chi connectivity index (χ1n) is 5.14. The van der Waals surface area contributed by atoms with E-state index in [9.17, 15) is 4.79 Å². The third-order valence-electron chi connectivity index (χ3n) is 1.99. The van der Waals surface area contributed by atoms with Crippen molar-refractivity contribution >= 4 is 17.7 Å². The van der Waals surface area contributed by atoms with Crippen LogP contribution < -0.4 is 4.74 Å². The molecule has 1 aromatic carbocycles. The van der Waals surface area contributed by atoms with Gasteiger partial charge in [0.1, 0.15) is 5.75 Å². The van der Waals surface area contributed by atoms with E-state index in [0.29, 0.717) is 12.4 Å². The number of rotatable bonds is 5. The molecule has 1 atom stereocenters. The summed E-state index contributed by atoms with van der Waals surface area (Å²) < 4.78 is 10.3. The summed E-state index contributed by atoms with van der Waals surface area (Å²) in [4.78, 5) is 12.5. The van der Waals surface area contributed by atoms with Gasteiger partial charge in [-0.05, 0) is 44.4 Å². The van der Waals surface area contributed by atoms with Gasteiger partial charge in [-0.3, -0.25) is 0 Å². The van der Waals surface area contributed by atoms with E-state index in [2.05, 4.69) is 0 Å². The van der Waals surface area contributed by atoms with Gasteiger partial charge in [0.25, 0.3) is 0 Å². The number of carbonyl (C=O) groups is 1. The van der Waals surface area contributed by atoms with E-state index in [4.69, 9.17) is 9.47 Å². The fourth-order valence-corrected chi connectivity index (χ4v) is 1.57. The lowest BCUT2D eigenvalue weighted by molar-refractivity contribution is -0.150. The molecule has 0 heterocycles. The molecule has 0 aliphatic rings. The van der Waals surface area contributed by atoms with Crippen LogP contribution in [0.1, 0.15) is 13.8 Å². The van der Waals surface area contributed by atoms with Crippen LogP contribution in [-0.4, -0.2) is 24.9 Å². The third kappa shape index (κ3) is 3.77. The van der Waals surface area contributed by atoms with Crippen LogP contribution in [0, 0.1) is 0 Å². The SMILES string of the molecule is CCOC(=O)C(C)Oc1ccc(SC)cc1. The first kappa shape index (κ1) is 12.9. The summed E-state index contributed by atoms with van der Waals surface area (Å²) in [5.41, 5.74) is 0. The minimum Gasteiger partial charge on any atom is -0.479 e. The highest BCUT2D eigenvalue weighted by molar-refractivity contribution is 7.98. The molecule has 16 heavy (non-hydrogen) atoms. The van der Waals surface area contributed by atoms with Crippen LogP contribution in [0.15, 0.2) is 29.2 Å². The van der Waals surface area contributed by atoms with Crippen molar-refractivity contribution in [3.8, 4) is 5.75 Å². The molecule has 0 radical (unpaired) electrons. The van der Waals surface area contributed by atoms with Crippen LogP contribution in [0.5, 0.6) is 5.75 Å². The van der Waals surface area contributed by atoms with E-state index in [1.165, 1.54) is 0 Å². The van der Waals surface area contributed by atoms with Crippen LogP contribution in [-0.2, 0) is 9.53 Å². The summed E-state index contributed by atoms with van der Waals surface area (Å²) in [6.45, 7) is 3.83. The summed E-state index contributed by atoms with van der Waals surface area (Å²) in [5, 5.41) is 0. The van der Waals surface area contributed by atoms with Crippen molar-refractivity contribution in [3.05, 3.63) is 24.3 Å². The summed E-state index contributed by atoms with van der Waals surface area (Å²) in [6.07, 6.45) is 1.44. The lowest BCUT2D eigenvalue weighted by atomic mass is 10.3. The van der Waals surface area contributed by atoms with Gasteiger partial charge in [0.2, 0.25) is 0 Å². The molecule has 4 heteroatoms. The predicted octanol–water partition coefficient (Wildman–Crippen LogP) is 2.74. The number of hydrogen-bond acceptors (Lipinski definition) is 4. The Balaban J connectivity index is 2.55. The molecule has 1 unspecified atom stereocenters. The largest absolute Gasteiger partial charge is 0.479 e. The van der Waals surface area contributed by atoms with Gasteiger partial charge in [-0.1, -0.05) is 0 Å². The summed E-state index contributed by atoms with van der Waals surface area (Å²) in [7, 11) is 0. The second-order valence-corrected chi connectivity index (χ2v) is 4.07. The number of carbonyl (C=O) groups excluding carboxylic acids is 1. The number of ether oxygens (including phenoxy) is 2. The molecular weight excluding hydrogens is 224 g/mol. The van der Waals surface area contributed by atoms with E-state index in [0.717, 1.165) is 4.90 Å². The van der Waals surface area contributed by atoms with E-state index < -0.39 is 6.10 Å². The highest BCUT2D eigenvalue weighted by Crippen LogP contribution is 2.19. The maximum Gasteiger partial charge on any atom is 0.347 e. The van der Waals surface area contributed by atoms with E-state index in [1.807, 2.05) is 30.5 Å². The van der Waals surface area contributed by atoms with Gasteiger partial charge >= 0.3 is 5.97 Å². The van der Waals surface area contributed by atoms with Crippen LogP contribution in [0.4, 0.5) is 0 Å². The molecule has 0 N–H and O–H groups in total. The fraction of sp³-hybridized carbons (Fsp3) is 0.417. The van der Waals surface area contributed by atoms with E-state index in [1.54, 1.807) is 25.6 Å². The molecule has 0 spiro atoms. The number of esters is 1. The maximum atomic E-state index is 11.3. The second-order valence-electron chi connectivity index (χ2n) is 3.19. The van der Waals surface area contributed by atoms with Crippen molar-refractivity contribution in [1.29, 1.82) is 0 Å². The summed E-state index contributed by atoms with van der Waals surface area (Å²) >= 11 is 1.66. The Hall–Kier alpha value is -1.16. The summed E-state index contributed by atoms with van der Waals surface area (Å²) in [5.74, 6) is 0.342. The maximum absolute atomic E-state index is 11.3. The quantitative estimate of drug-likeness (QED) is 0.585. The molecule has 0 saturated carbocycles. The molecule has 0 aliphatic carbocycles. The Morgan fingerprint density at radius 3 is 2.50 bits per heavy atom. The zero-order chi connectivity index (χ0) is 12.0. The number of benzene rings is 1. The van der Waals surface area contributed by atoms with Gasteiger partial charge in [-0.15, -0.1) is 11.8 Å². The third-order valence-corrected chi connectivity index (χ3v) is 2.73. The zero-order valence-corrected chi connectivity index (χ0v) is 10.5.